The van der Waals surface area contributed by atoms with Gasteiger partial charge in [0.05, 0.1) is 12.7 Å². The number of H-pyrrole nitrogens is 1. The second-order valence-corrected chi connectivity index (χ2v) is 7.05. The third kappa shape index (κ3) is 5.31. The molecule has 0 amide bonds. The average Bonchev–Trinajstić information content (AvgIpc) is 3.22. The van der Waals surface area contributed by atoms with Crippen molar-refractivity contribution in [3.8, 4) is 28.1 Å². The van der Waals surface area contributed by atoms with E-state index in [9.17, 15) is 23.1 Å². The van der Waals surface area contributed by atoms with Crippen LogP contribution in [0.3, 0.4) is 0 Å². The number of nitrogens with zero attached hydrogens (tertiary/aromatic N) is 2. The molecule has 0 radical (unpaired) electrons. The first-order valence-corrected chi connectivity index (χ1v) is 9.63. The van der Waals surface area contributed by atoms with Gasteiger partial charge in [0.1, 0.15) is 5.65 Å². The van der Waals surface area contributed by atoms with Crippen LogP contribution in [0.25, 0.3) is 33.3 Å². The standard InChI is InChI=1S/C21H17N3O3.C2HF3O2/c1-12-7-13(3-5-16(12)21(25)26)18-11-24-20-17(18)8-15(10-23-20)14-4-6-19(27-2)22-9-14;3-2(4,5)1(6)7/h3-11H,1-2H3,(H,23,24)(H,25,26);(H,6,7). The zero-order valence-electron chi connectivity index (χ0n) is 17.8. The number of halogens is 3. The van der Waals surface area contributed by atoms with Gasteiger partial charge in [-0.2, -0.15) is 13.2 Å². The Bertz CT molecular complexity index is 1350. The van der Waals surface area contributed by atoms with Crippen LogP contribution in [0, 0.1) is 6.92 Å². The molecule has 34 heavy (non-hydrogen) atoms. The minimum absolute atomic E-state index is 0.307. The molecule has 0 saturated carbocycles. The summed E-state index contributed by atoms with van der Waals surface area (Å²) in [5, 5.41) is 17.3. The number of hydrogen-bond donors (Lipinski definition) is 3. The third-order valence-corrected chi connectivity index (χ3v) is 4.82. The Balaban J connectivity index is 0.000000406. The summed E-state index contributed by atoms with van der Waals surface area (Å²) in [6.07, 6.45) is 0.355. The molecule has 0 bridgehead atoms. The summed E-state index contributed by atoms with van der Waals surface area (Å²) < 4.78 is 36.8. The van der Waals surface area contributed by atoms with E-state index in [1.54, 1.807) is 32.5 Å². The number of aromatic carboxylic acids is 1. The summed E-state index contributed by atoms with van der Waals surface area (Å²) >= 11 is 0. The van der Waals surface area contributed by atoms with Gasteiger partial charge in [-0.15, -0.1) is 0 Å². The smallest absolute Gasteiger partial charge is 0.481 e. The van der Waals surface area contributed by atoms with Crippen LogP contribution in [0.2, 0.25) is 0 Å². The van der Waals surface area contributed by atoms with E-state index in [0.29, 0.717) is 11.4 Å². The van der Waals surface area contributed by atoms with Crippen LogP contribution < -0.4 is 4.74 Å². The SMILES string of the molecule is COc1ccc(-c2cnc3[nH]cc(-c4ccc(C(=O)O)c(C)c4)c3c2)cn1.O=C(O)C(F)(F)F. The Morgan fingerprint density at radius 3 is 2.15 bits per heavy atom. The molecule has 0 unspecified atom stereocenters. The topological polar surface area (TPSA) is 125 Å². The van der Waals surface area contributed by atoms with Crippen molar-refractivity contribution in [2.24, 2.45) is 0 Å². The number of aromatic amines is 1. The number of hydrogen-bond acceptors (Lipinski definition) is 5. The maximum atomic E-state index is 11.2. The molecule has 0 aliphatic carbocycles. The number of carboxylic acids is 2. The van der Waals surface area contributed by atoms with Crippen molar-refractivity contribution in [3.05, 3.63) is 66.1 Å². The fraction of sp³-hybridized carbons (Fsp3) is 0.130. The molecule has 0 fully saturated rings. The molecule has 11 heteroatoms. The van der Waals surface area contributed by atoms with Crippen molar-refractivity contribution >= 4 is 23.0 Å². The highest BCUT2D eigenvalue weighted by Crippen LogP contribution is 2.32. The number of alkyl halides is 3. The molecule has 0 aliphatic rings. The highest BCUT2D eigenvalue weighted by Gasteiger charge is 2.38. The Hall–Kier alpha value is -4.41. The lowest BCUT2D eigenvalue weighted by molar-refractivity contribution is -0.192. The molecule has 176 valence electrons. The van der Waals surface area contributed by atoms with E-state index in [2.05, 4.69) is 21.0 Å². The Kier molecular flexibility index (Phi) is 6.85. The largest absolute Gasteiger partial charge is 0.490 e. The monoisotopic (exact) mass is 473 g/mol. The highest BCUT2D eigenvalue weighted by atomic mass is 19.4. The lowest BCUT2D eigenvalue weighted by Crippen LogP contribution is -2.21. The van der Waals surface area contributed by atoms with Crippen LogP contribution in [0.1, 0.15) is 15.9 Å². The van der Waals surface area contributed by atoms with E-state index >= 15 is 0 Å². The van der Waals surface area contributed by atoms with E-state index in [-0.39, 0.29) is 0 Å². The summed E-state index contributed by atoms with van der Waals surface area (Å²) in [5.41, 5.74) is 5.60. The molecule has 3 aromatic heterocycles. The van der Waals surface area contributed by atoms with Gasteiger partial charge in [0.2, 0.25) is 5.88 Å². The number of fused-ring (bicyclic) bond motifs is 1. The summed E-state index contributed by atoms with van der Waals surface area (Å²) in [6, 6.07) is 11.1. The van der Waals surface area contributed by atoms with Crippen molar-refractivity contribution in [2.75, 3.05) is 7.11 Å². The zero-order chi connectivity index (χ0) is 25.0. The number of carboxylic acid groups (broad SMARTS) is 2. The van der Waals surface area contributed by atoms with Crippen LogP contribution in [0.4, 0.5) is 13.2 Å². The predicted molar refractivity (Wildman–Crippen MR) is 117 cm³/mol. The van der Waals surface area contributed by atoms with Crippen molar-refractivity contribution in [2.45, 2.75) is 13.1 Å². The van der Waals surface area contributed by atoms with Crippen molar-refractivity contribution < 1.29 is 37.7 Å². The van der Waals surface area contributed by atoms with Gasteiger partial charge in [0, 0.05) is 46.7 Å². The molecular formula is C23H18F3N3O5. The normalized spacial score (nSPS) is 11.0. The molecule has 0 spiro atoms. The molecule has 0 aliphatic heterocycles. The van der Waals surface area contributed by atoms with Gasteiger partial charge in [-0.25, -0.2) is 19.6 Å². The molecule has 1 aromatic carbocycles. The Labute approximate surface area is 190 Å². The number of nitrogens with one attached hydrogen (secondary N) is 1. The zero-order valence-corrected chi connectivity index (χ0v) is 17.8. The number of ether oxygens (including phenoxy) is 1. The maximum Gasteiger partial charge on any atom is 0.490 e. The number of aromatic nitrogens is 3. The molecule has 3 N–H and O–H groups in total. The summed E-state index contributed by atoms with van der Waals surface area (Å²) in [4.78, 5) is 32.1. The second-order valence-electron chi connectivity index (χ2n) is 7.05. The minimum atomic E-state index is -5.08. The van der Waals surface area contributed by atoms with Gasteiger partial charge in [0.25, 0.3) is 0 Å². The number of aliphatic carboxylic acids is 1. The number of pyridine rings is 2. The molecule has 4 aromatic rings. The van der Waals surface area contributed by atoms with Gasteiger partial charge >= 0.3 is 18.1 Å². The second kappa shape index (κ2) is 9.61. The summed E-state index contributed by atoms with van der Waals surface area (Å²) in [7, 11) is 1.58. The quantitative estimate of drug-likeness (QED) is 0.383. The van der Waals surface area contributed by atoms with Gasteiger partial charge < -0.3 is 19.9 Å². The van der Waals surface area contributed by atoms with Crippen LogP contribution >= 0.6 is 0 Å². The van der Waals surface area contributed by atoms with Crippen molar-refractivity contribution in [1.82, 2.24) is 15.0 Å². The predicted octanol–water partition coefficient (Wildman–Crippen LogP) is 4.94. The van der Waals surface area contributed by atoms with E-state index in [4.69, 9.17) is 14.6 Å². The fourth-order valence-corrected chi connectivity index (χ4v) is 3.14. The number of methoxy groups -OCH3 is 1. The minimum Gasteiger partial charge on any atom is -0.481 e. The van der Waals surface area contributed by atoms with Gasteiger partial charge in [0.15, 0.2) is 0 Å². The first-order chi connectivity index (χ1) is 16.0. The van der Waals surface area contributed by atoms with E-state index in [1.165, 1.54) is 0 Å². The first kappa shape index (κ1) is 24.2. The van der Waals surface area contributed by atoms with Gasteiger partial charge in [-0.05, 0) is 36.2 Å². The number of rotatable bonds is 4. The third-order valence-electron chi connectivity index (χ3n) is 4.82. The van der Waals surface area contributed by atoms with E-state index < -0.39 is 18.1 Å². The fourth-order valence-electron chi connectivity index (χ4n) is 3.14. The lowest BCUT2D eigenvalue weighted by Gasteiger charge is -2.06. The molecule has 0 atom stereocenters. The van der Waals surface area contributed by atoms with Gasteiger partial charge in [-0.1, -0.05) is 12.1 Å². The summed E-state index contributed by atoms with van der Waals surface area (Å²) in [6.45, 7) is 1.80. The average molecular weight is 473 g/mol. The van der Waals surface area contributed by atoms with Crippen LogP contribution in [0.15, 0.2) is 55.0 Å². The highest BCUT2D eigenvalue weighted by molar-refractivity contribution is 5.97. The number of benzene rings is 1. The number of carbonyl (C=O) groups is 2. The molecule has 3 heterocycles. The summed E-state index contributed by atoms with van der Waals surface area (Å²) in [5.74, 6) is -3.12. The maximum absolute atomic E-state index is 11.2. The first-order valence-electron chi connectivity index (χ1n) is 9.63. The number of aryl methyl sites for hydroxylation is 1. The van der Waals surface area contributed by atoms with Crippen LogP contribution in [-0.4, -0.2) is 50.4 Å². The Morgan fingerprint density at radius 2 is 1.62 bits per heavy atom. The molecule has 8 nitrogen and oxygen atoms in total. The lowest BCUT2D eigenvalue weighted by atomic mass is 9.99. The van der Waals surface area contributed by atoms with E-state index in [0.717, 1.165) is 38.9 Å². The van der Waals surface area contributed by atoms with Gasteiger partial charge in [-0.3, -0.25) is 0 Å². The van der Waals surface area contributed by atoms with Crippen LogP contribution in [-0.2, 0) is 4.79 Å². The van der Waals surface area contributed by atoms with Crippen LogP contribution in [0.5, 0.6) is 5.88 Å². The van der Waals surface area contributed by atoms with E-state index in [1.807, 2.05) is 30.5 Å². The van der Waals surface area contributed by atoms with Crippen molar-refractivity contribution in [3.63, 3.8) is 0 Å². The molecular weight excluding hydrogens is 455 g/mol. The molecule has 0 saturated heterocycles. The molecule has 4 rings (SSSR count). The van der Waals surface area contributed by atoms with Crippen molar-refractivity contribution in [1.29, 1.82) is 0 Å². The Morgan fingerprint density at radius 1 is 0.971 bits per heavy atom.